The van der Waals surface area contributed by atoms with Crippen LogP contribution in [-0.4, -0.2) is 10.9 Å². The zero-order chi connectivity index (χ0) is 12.1. The van der Waals surface area contributed by atoms with Gasteiger partial charge < -0.3 is 0 Å². The van der Waals surface area contributed by atoms with Crippen LogP contribution in [0.1, 0.15) is 47.6 Å². The molecule has 0 aliphatic heterocycles. The van der Waals surface area contributed by atoms with Gasteiger partial charge in [-0.05, 0) is 12.3 Å². The SMILES string of the molecule is CCCc1nc(CC(C)C)sc1C(=O)NN. The number of nitrogen functional groups attached to an aromatic ring is 1. The van der Waals surface area contributed by atoms with Crippen LogP contribution in [0.4, 0.5) is 0 Å². The number of carbonyl (C=O) groups excluding carboxylic acids is 1. The van der Waals surface area contributed by atoms with Crippen molar-refractivity contribution in [3.05, 3.63) is 15.6 Å². The smallest absolute Gasteiger partial charge is 0.277 e. The molecule has 0 spiro atoms. The zero-order valence-electron chi connectivity index (χ0n) is 10.0. The minimum Gasteiger partial charge on any atom is -0.289 e. The van der Waals surface area contributed by atoms with Gasteiger partial charge in [0.1, 0.15) is 4.88 Å². The molecule has 3 N–H and O–H groups in total. The molecular formula is C11H19N3OS. The van der Waals surface area contributed by atoms with E-state index in [1.54, 1.807) is 0 Å². The van der Waals surface area contributed by atoms with E-state index in [2.05, 4.69) is 31.2 Å². The molecule has 0 saturated heterocycles. The highest BCUT2D eigenvalue weighted by Crippen LogP contribution is 2.22. The highest BCUT2D eigenvalue weighted by atomic mass is 32.1. The van der Waals surface area contributed by atoms with E-state index >= 15 is 0 Å². The van der Waals surface area contributed by atoms with Crippen LogP contribution in [0, 0.1) is 5.92 Å². The summed E-state index contributed by atoms with van der Waals surface area (Å²) in [5, 5.41) is 1.03. The molecule has 0 fully saturated rings. The summed E-state index contributed by atoms with van der Waals surface area (Å²) in [6, 6.07) is 0. The molecule has 0 unspecified atom stereocenters. The minimum atomic E-state index is -0.226. The first-order chi connectivity index (χ1) is 7.58. The van der Waals surface area contributed by atoms with Crippen LogP contribution in [-0.2, 0) is 12.8 Å². The maximum Gasteiger partial charge on any atom is 0.277 e. The van der Waals surface area contributed by atoms with Crippen LogP contribution in [0.5, 0.6) is 0 Å². The Kier molecular flexibility index (Phi) is 4.89. The Morgan fingerprint density at radius 1 is 1.56 bits per heavy atom. The lowest BCUT2D eigenvalue weighted by molar-refractivity contribution is 0.0956. The lowest BCUT2D eigenvalue weighted by Crippen LogP contribution is -2.30. The third-order valence-corrected chi connectivity index (χ3v) is 3.27. The first kappa shape index (κ1) is 13.1. The van der Waals surface area contributed by atoms with Gasteiger partial charge in [0.15, 0.2) is 0 Å². The fourth-order valence-electron chi connectivity index (χ4n) is 1.49. The quantitative estimate of drug-likeness (QED) is 0.470. The van der Waals surface area contributed by atoms with Crippen molar-refractivity contribution < 1.29 is 4.79 Å². The zero-order valence-corrected chi connectivity index (χ0v) is 10.9. The molecule has 1 aromatic heterocycles. The fraction of sp³-hybridized carbons (Fsp3) is 0.636. The topological polar surface area (TPSA) is 68.0 Å². The van der Waals surface area contributed by atoms with Gasteiger partial charge in [-0.1, -0.05) is 27.2 Å². The van der Waals surface area contributed by atoms with E-state index in [0.29, 0.717) is 10.8 Å². The molecule has 0 aliphatic rings. The Morgan fingerprint density at radius 2 is 2.25 bits per heavy atom. The standard InChI is InChI=1S/C11H19N3OS/c1-4-5-8-10(11(15)14-12)16-9(13-8)6-7(2)3/h7H,4-6,12H2,1-3H3,(H,14,15). The van der Waals surface area contributed by atoms with Gasteiger partial charge in [-0.25, -0.2) is 10.8 Å². The third kappa shape index (κ3) is 3.28. The molecular weight excluding hydrogens is 222 g/mol. The second kappa shape index (κ2) is 5.96. The molecule has 90 valence electrons. The molecule has 1 amide bonds. The van der Waals surface area contributed by atoms with E-state index in [9.17, 15) is 4.79 Å². The maximum absolute atomic E-state index is 11.5. The van der Waals surface area contributed by atoms with E-state index in [-0.39, 0.29) is 5.91 Å². The van der Waals surface area contributed by atoms with E-state index < -0.39 is 0 Å². The largest absolute Gasteiger partial charge is 0.289 e. The van der Waals surface area contributed by atoms with Crippen LogP contribution < -0.4 is 11.3 Å². The number of aryl methyl sites for hydroxylation is 1. The molecule has 0 radical (unpaired) electrons. The van der Waals surface area contributed by atoms with Crippen molar-refractivity contribution in [1.82, 2.24) is 10.4 Å². The number of carbonyl (C=O) groups is 1. The molecule has 0 bridgehead atoms. The molecule has 0 saturated carbocycles. The van der Waals surface area contributed by atoms with Crippen molar-refractivity contribution in [3.63, 3.8) is 0 Å². The molecule has 16 heavy (non-hydrogen) atoms. The molecule has 1 heterocycles. The van der Waals surface area contributed by atoms with Crippen LogP contribution in [0.2, 0.25) is 0 Å². The van der Waals surface area contributed by atoms with Gasteiger partial charge in [0.05, 0.1) is 10.7 Å². The number of nitrogens with one attached hydrogen (secondary N) is 1. The highest BCUT2D eigenvalue weighted by Gasteiger charge is 2.16. The van der Waals surface area contributed by atoms with E-state index in [4.69, 9.17) is 5.84 Å². The molecule has 0 aromatic carbocycles. The Labute approximate surface area is 100 Å². The number of nitrogens with two attached hydrogens (primary N) is 1. The Bertz CT molecular complexity index is 360. The number of amides is 1. The second-order valence-corrected chi connectivity index (χ2v) is 5.29. The summed E-state index contributed by atoms with van der Waals surface area (Å²) in [6.07, 6.45) is 2.73. The lowest BCUT2D eigenvalue weighted by Gasteiger charge is -1.98. The summed E-state index contributed by atoms with van der Waals surface area (Å²) in [5.41, 5.74) is 3.06. The average molecular weight is 241 g/mol. The van der Waals surface area contributed by atoms with E-state index in [1.807, 2.05) is 0 Å². The first-order valence-corrected chi connectivity index (χ1v) is 6.39. The fourth-order valence-corrected chi connectivity index (χ4v) is 2.71. The summed E-state index contributed by atoms with van der Waals surface area (Å²) in [6.45, 7) is 6.36. The normalized spacial score (nSPS) is 10.8. The van der Waals surface area contributed by atoms with Crippen molar-refractivity contribution >= 4 is 17.2 Å². The molecule has 5 heteroatoms. The Balaban J connectivity index is 2.95. The van der Waals surface area contributed by atoms with Gasteiger partial charge in [-0.3, -0.25) is 10.2 Å². The predicted octanol–water partition coefficient (Wildman–Crippen LogP) is 1.90. The maximum atomic E-state index is 11.5. The van der Waals surface area contributed by atoms with Crippen molar-refractivity contribution in [3.8, 4) is 0 Å². The summed E-state index contributed by atoms with van der Waals surface area (Å²) >= 11 is 1.46. The number of hydrogen-bond acceptors (Lipinski definition) is 4. The van der Waals surface area contributed by atoms with Crippen LogP contribution >= 0.6 is 11.3 Å². The number of nitrogens with zero attached hydrogens (tertiary/aromatic N) is 1. The van der Waals surface area contributed by atoms with E-state index in [0.717, 1.165) is 30.0 Å². The van der Waals surface area contributed by atoms with Crippen LogP contribution in [0.15, 0.2) is 0 Å². The molecule has 0 atom stereocenters. The van der Waals surface area contributed by atoms with E-state index in [1.165, 1.54) is 11.3 Å². The molecule has 0 aliphatic carbocycles. The lowest BCUT2D eigenvalue weighted by atomic mass is 10.1. The summed E-state index contributed by atoms with van der Waals surface area (Å²) in [7, 11) is 0. The predicted molar refractivity (Wildman–Crippen MR) is 66.3 cm³/mol. The van der Waals surface area contributed by atoms with Crippen molar-refractivity contribution in [2.24, 2.45) is 11.8 Å². The van der Waals surface area contributed by atoms with Gasteiger partial charge in [0, 0.05) is 6.42 Å². The highest BCUT2D eigenvalue weighted by molar-refractivity contribution is 7.13. The number of hydrazine groups is 1. The monoisotopic (exact) mass is 241 g/mol. The van der Waals surface area contributed by atoms with Crippen molar-refractivity contribution in [2.45, 2.75) is 40.0 Å². The molecule has 4 nitrogen and oxygen atoms in total. The average Bonchev–Trinajstić information content (AvgIpc) is 2.59. The second-order valence-electron chi connectivity index (χ2n) is 4.20. The third-order valence-electron chi connectivity index (χ3n) is 2.15. The van der Waals surface area contributed by atoms with Crippen LogP contribution in [0.3, 0.4) is 0 Å². The van der Waals surface area contributed by atoms with Gasteiger partial charge in [-0.2, -0.15) is 0 Å². The molecule has 1 aromatic rings. The van der Waals surface area contributed by atoms with Gasteiger partial charge in [0.25, 0.3) is 5.91 Å². The van der Waals surface area contributed by atoms with Gasteiger partial charge in [-0.15, -0.1) is 11.3 Å². The Hall–Kier alpha value is -0.940. The minimum absolute atomic E-state index is 0.226. The number of rotatable bonds is 5. The van der Waals surface area contributed by atoms with Crippen LogP contribution in [0.25, 0.3) is 0 Å². The van der Waals surface area contributed by atoms with Crippen molar-refractivity contribution in [1.29, 1.82) is 0 Å². The van der Waals surface area contributed by atoms with Gasteiger partial charge >= 0.3 is 0 Å². The van der Waals surface area contributed by atoms with Crippen molar-refractivity contribution in [2.75, 3.05) is 0 Å². The van der Waals surface area contributed by atoms with Gasteiger partial charge in [0.2, 0.25) is 0 Å². The number of thiazole rings is 1. The summed E-state index contributed by atoms with van der Waals surface area (Å²) in [4.78, 5) is 16.7. The summed E-state index contributed by atoms with van der Waals surface area (Å²) in [5.74, 6) is 5.48. The first-order valence-electron chi connectivity index (χ1n) is 5.58. The Morgan fingerprint density at radius 3 is 2.75 bits per heavy atom. The number of aromatic nitrogens is 1. The number of hydrogen-bond donors (Lipinski definition) is 2. The molecule has 1 rings (SSSR count). The summed E-state index contributed by atoms with van der Waals surface area (Å²) < 4.78 is 0.